The van der Waals surface area contributed by atoms with E-state index >= 15 is 0 Å². The van der Waals surface area contributed by atoms with Crippen LogP contribution in [0.25, 0.3) is 5.69 Å². The highest BCUT2D eigenvalue weighted by Crippen LogP contribution is 2.66. The molecule has 10 nitrogen and oxygen atoms in total. The maximum atomic E-state index is 14.8. The van der Waals surface area contributed by atoms with E-state index < -0.39 is 50.3 Å². The van der Waals surface area contributed by atoms with Crippen molar-refractivity contribution in [3.63, 3.8) is 0 Å². The topological polar surface area (TPSA) is 113 Å². The highest BCUT2D eigenvalue weighted by Gasteiger charge is 2.73. The van der Waals surface area contributed by atoms with Crippen molar-refractivity contribution < 1.29 is 17.9 Å². The smallest absolute Gasteiger partial charge is 0.353 e. The first-order valence-corrected chi connectivity index (χ1v) is 17.2. The molecule has 236 valence electrons. The van der Waals surface area contributed by atoms with Gasteiger partial charge in [0.1, 0.15) is 5.54 Å². The lowest BCUT2D eigenvalue weighted by Gasteiger charge is -2.59. The van der Waals surface area contributed by atoms with Crippen molar-refractivity contribution in [1.82, 2.24) is 18.2 Å². The van der Waals surface area contributed by atoms with Gasteiger partial charge < -0.3 is 4.74 Å². The van der Waals surface area contributed by atoms with Crippen LogP contribution in [0.3, 0.4) is 0 Å². The van der Waals surface area contributed by atoms with E-state index in [2.05, 4.69) is 0 Å². The third kappa shape index (κ3) is 3.50. The monoisotopic (exact) mass is 638 g/mol. The van der Waals surface area contributed by atoms with Crippen molar-refractivity contribution in [2.45, 2.75) is 49.1 Å². The molecule has 5 aliphatic rings. The van der Waals surface area contributed by atoms with Crippen molar-refractivity contribution in [2.75, 3.05) is 19.7 Å². The summed E-state index contributed by atoms with van der Waals surface area (Å²) < 4.78 is 39.9. The number of rotatable bonds is 6. The number of benzene rings is 3. The van der Waals surface area contributed by atoms with Gasteiger partial charge >= 0.3 is 17.3 Å². The minimum Gasteiger partial charge on any atom is -0.466 e. The number of carbonyl (C=O) groups is 1. The molecule has 9 rings (SSSR count). The van der Waals surface area contributed by atoms with Crippen molar-refractivity contribution in [1.29, 1.82) is 0 Å². The molecule has 11 heteroatoms. The molecule has 3 aromatic carbocycles. The second-order valence-corrected chi connectivity index (χ2v) is 14.6. The number of ether oxygens (including phenoxy) is 1. The van der Waals surface area contributed by atoms with Crippen LogP contribution < -0.4 is 11.4 Å². The fraction of sp³-hybridized carbons (Fsp3) is 0.343. The highest BCUT2D eigenvalue weighted by atomic mass is 32.2. The van der Waals surface area contributed by atoms with E-state index in [0.29, 0.717) is 36.1 Å². The fourth-order valence-corrected chi connectivity index (χ4v) is 10.3. The van der Waals surface area contributed by atoms with Gasteiger partial charge in [-0.25, -0.2) is 31.9 Å². The zero-order chi connectivity index (χ0) is 32.0. The van der Waals surface area contributed by atoms with Gasteiger partial charge in [-0.2, -0.15) is 4.31 Å². The summed E-state index contributed by atoms with van der Waals surface area (Å²) in [4.78, 5) is 44.0. The molecule has 0 unspecified atom stereocenters. The minimum absolute atomic E-state index is 0.0258. The lowest BCUT2D eigenvalue weighted by atomic mass is 9.54. The second-order valence-electron chi connectivity index (χ2n) is 12.7. The van der Waals surface area contributed by atoms with Gasteiger partial charge in [0.05, 0.1) is 28.6 Å². The van der Waals surface area contributed by atoms with Crippen molar-refractivity contribution in [3.8, 4) is 5.69 Å². The average molecular weight is 639 g/mol. The van der Waals surface area contributed by atoms with Gasteiger partial charge in [0.25, 0.3) is 0 Å². The van der Waals surface area contributed by atoms with Crippen LogP contribution in [0.2, 0.25) is 0 Å². The van der Waals surface area contributed by atoms with E-state index in [1.165, 1.54) is 13.6 Å². The highest BCUT2D eigenvalue weighted by molar-refractivity contribution is 7.89. The summed E-state index contributed by atoms with van der Waals surface area (Å²) in [6, 6.07) is 24.8. The summed E-state index contributed by atoms with van der Waals surface area (Å²) in [5.41, 5.74) is -0.154. The third-order valence-corrected chi connectivity index (χ3v) is 12.4. The normalized spacial score (nSPS) is 26.6. The molecule has 2 aliphatic carbocycles. The Hall–Kier alpha value is -4.48. The summed E-state index contributed by atoms with van der Waals surface area (Å²) in [5, 5.41) is 0. The van der Waals surface area contributed by atoms with Gasteiger partial charge in [0, 0.05) is 19.0 Å². The van der Waals surface area contributed by atoms with Gasteiger partial charge in [0.2, 0.25) is 10.0 Å². The second kappa shape index (κ2) is 10.0. The quantitative estimate of drug-likeness (QED) is 0.236. The Morgan fingerprint density at radius 2 is 1.50 bits per heavy atom. The Morgan fingerprint density at radius 1 is 0.870 bits per heavy atom. The Morgan fingerprint density at radius 3 is 2.17 bits per heavy atom. The van der Waals surface area contributed by atoms with E-state index in [0.717, 1.165) is 11.1 Å². The van der Waals surface area contributed by atoms with Crippen LogP contribution in [0.15, 0.2) is 111 Å². The van der Waals surface area contributed by atoms with Crippen LogP contribution in [0.1, 0.15) is 37.3 Å². The number of hydrogen-bond donors (Lipinski definition) is 0. The first-order chi connectivity index (χ1) is 22.2. The van der Waals surface area contributed by atoms with Crippen LogP contribution in [0.5, 0.6) is 0 Å². The van der Waals surface area contributed by atoms with Crippen LogP contribution in [-0.2, 0) is 30.6 Å². The third-order valence-electron chi connectivity index (χ3n) is 10.6. The van der Waals surface area contributed by atoms with Gasteiger partial charge in [-0.3, -0.25) is 4.79 Å². The standard InChI is InChI=1S/C35H34N4O6S/c1-3-45-31(40)30-27-15-10-20-34(27)28-21-36(46(43,44)26-18-16-23(2)17-19-26)22-29(28)35(30,24-11-6-4-7-12-24)39-33(42)37(32(41)38(34)39)25-13-8-5-9-14-25/h4-9,11-14,16-19,27,30H,3,10,15,20-22H2,1-2H3/t27-,30+,34-,35+/m0/s1. The van der Waals surface area contributed by atoms with E-state index in [9.17, 15) is 22.8 Å². The Kier molecular flexibility index (Phi) is 6.30. The molecule has 1 aromatic heterocycles. The van der Waals surface area contributed by atoms with Gasteiger partial charge in [-0.05, 0) is 67.7 Å². The van der Waals surface area contributed by atoms with Crippen molar-refractivity contribution in [3.05, 3.63) is 128 Å². The molecule has 0 radical (unpaired) electrons. The van der Waals surface area contributed by atoms with Crippen molar-refractivity contribution in [2.24, 2.45) is 11.8 Å². The first-order valence-electron chi connectivity index (χ1n) is 15.7. The van der Waals surface area contributed by atoms with Crippen LogP contribution in [0, 0.1) is 18.8 Å². The maximum Gasteiger partial charge on any atom is 0.353 e. The molecule has 2 bridgehead atoms. The molecule has 4 atom stereocenters. The van der Waals surface area contributed by atoms with Crippen LogP contribution in [0.4, 0.5) is 0 Å². The molecule has 46 heavy (non-hydrogen) atoms. The average Bonchev–Trinajstić information content (AvgIpc) is 3.78. The van der Waals surface area contributed by atoms with Crippen LogP contribution in [-0.4, -0.2) is 52.3 Å². The zero-order valence-electron chi connectivity index (χ0n) is 25.6. The van der Waals surface area contributed by atoms with Crippen LogP contribution >= 0.6 is 0 Å². The van der Waals surface area contributed by atoms with Gasteiger partial charge in [-0.15, -0.1) is 0 Å². The van der Waals surface area contributed by atoms with E-state index in [1.807, 2.05) is 43.3 Å². The van der Waals surface area contributed by atoms with Gasteiger partial charge in [0.15, 0.2) is 0 Å². The molecular weight excluding hydrogens is 604 g/mol. The Balaban J connectivity index is 1.46. The lowest BCUT2D eigenvalue weighted by Crippen LogP contribution is -2.71. The number of esters is 1. The summed E-state index contributed by atoms with van der Waals surface area (Å²) in [7, 11) is -3.97. The minimum atomic E-state index is -3.97. The number of aryl methyl sites for hydroxylation is 1. The maximum absolute atomic E-state index is 14.8. The molecule has 0 saturated heterocycles. The molecule has 1 saturated carbocycles. The summed E-state index contributed by atoms with van der Waals surface area (Å²) in [6.45, 7) is 3.83. The molecule has 1 fully saturated rings. The van der Waals surface area contributed by atoms with Gasteiger partial charge in [-0.1, -0.05) is 72.6 Å². The number of aromatic nitrogens is 3. The number of nitrogens with zero attached hydrogens (tertiary/aromatic N) is 4. The molecule has 0 N–H and O–H groups in total. The first kappa shape index (κ1) is 29.0. The molecule has 4 aromatic rings. The summed E-state index contributed by atoms with van der Waals surface area (Å²) >= 11 is 0. The lowest BCUT2D eigenvalue weighted by molar-refractivity contribution is -0.160. The molecular formula is C35H34N4O6S. The number of para-hydroxylation sites is 1. The molecule has 0 amide bonds. The fourth-order valence-electron chi connectivity index (χ4n) is 8.97. The number of carbonyl (C=O) groups excluding carboxylic acids is 1. The van der Waals surface area contributed by atoms with Crippen molar-refractivity contribution >= 4 is 16.0 Å². The predicted octanol–water partition coefficient (Wildman–Crippen LogP) is 3.56. The number of hydrogen-bond acceptors (Lipinski definition) is 6. The summed E-state index contributed by atoms with van der Waals surface area (Å²) in [6.07, 6.45) is 1.81. The molecule has 4 heterocycles. The zero-order valence-corrected chi connectivity index (χ0v) is 26.4. The molecule has 3 aliphatic heterocycles. The van der Waals surface area contributed by atoms with E-state index in [1.54, 1.807) is 60.1 Å². The summed E-state index contributed by atoms with van der Waals surface area (Å²) in [5.74, 6) is -1.70. The molecule has 1 spiro atoms. The largest absolute Gasteiger partial charge is 0.466 e. The predicted molar refractivity (Wildman–Crippen MR) is 170 cm³/mol. The Labute approximate surface area is 266 Å². The van der Waals surface area contributed by atoms with E-state index in [-0.39, 0.29) is 24.6 Å². The number of sulfonamides is 1. The van der Waals surface area contributed by atoms with E-state index in [4.69, 9.17) is 4.74 Å². The SMILES string of the molecule is CCOC(=O)[C@H]1[C@@H]2CCC[C@@]23C2=C(CN(S(=O)(=O)c4ccc(C)cc4)C2)[C@@]1(c1ccccc1)n1c(=O)n(-c2ccccc2)c(=O)n13. The Bertz CT molecular complexity index is 2150.